The number of carbonyl (C=O) groups is 1. The largest absolute Gasteiger partial charge is 0.489 e. The standard InChI is InChI=1S/C20H15FN2O4/c21-16-6-4-14(5-7-16)13-27-19-10-8-17(9-11-19)22-20(24)15-2-1-3-18(12-15)23(25)26/h1-12H,13H2,(H,22,24). The lowest BCUT2D eigenvalue weighted by Crippen LogP contribution is -2.12. The number of nitrogens with zero attached hydrogens (tertiary/aromatic N) is 1. The van der Waals surface area contributed by atoms with Crippen LogP contribution in [0.5, 0.6) is 5.75 Å². The fourth-order valence-electron chi connectivity index (χ4n) is 2.35. The zero-order valence-corrected chi connectivity index (χ0v) is 14.1. The molecule has 1 N–H and O–H groups in total. The number of hydrogen-bond donors (Lipinski definition) is 1. The number of hydrogen-bond acceptors (Lipinski definition) is 4. The van der Waals surface area contributed by atoms with Gasteiger partial charge in [-0.2, -0.15) is 0 Å². The van der Waals surface area contributed by atoms with E-state index in [0.29, 0.717) is 18.0 Å². The van der Waals surface area contributed by atoms with Crippen LogP contribution in [0.25, 0.3) is 0 Å². The summed E-state index contributed by atoms with van der Waals surface area (Å²) in [5.41, 5.74) is 1.41. The van der Waals surface area contributed by atoms with Gasteiger partial charge in [0.2, 0.25) is 0 Å². The van der Waals surface area contributed by atoms with Gasteiger partial charge in [-0.3, -0.25) is 14.9 Å². The molecule has 0 saturated heterocycles. The molecule has 0 aromatic heterocycles. The Bertz CT molecular complexity index is 956. The molecule has 0 radical (unpaired) electrons. The van der Waals surface area contributed by atoms with Gasteiger partial charge in [0, 0.05) is 23.4 Å². The fourth-order valence-corrected chi connectivity index (χ4v) is 2.35. The number of carbonyl (C=O) groups excluding carboxylic acids is 1. The van der Waals surface area contributed by atoms with Gasteiger partial charge in [-0.15, -0.1) is 0 Å². The molecule has 3 aromatic rings. The molecule has 0 saturated carbocycles. The molecule has 27 heavy (non-hydrogen) atoms. The van der Waals surface area contributed by atoms with Crippen molar-refractivity contribution in [3.63, 3.8) is 0 Å². The lowest BCUT2D eigenvalue weighted by Gasteiger charge is -2.09. The van der Waals surface area contributed by atoms with Crippen molar-refractivity contribution in [3.8, 4) is 5.75 Å². The van der Waals surface area contributed by atoms with E-state index in [-0.39, 0.29) is 17.1 Å². The highest BCUT2D eigenvalue weighted by molar-refractivity contribution is 6.04. The number of nitro groups is 1. The molecule has 0 unspecified atom stereocenters. The number of nitrogens with one attached hydrogen (secondary N) is 1. The molecule has 0 atom stereocenters. The maximum absolute atomic E-state index is 12.9. The third-order valence-electron chi connectivity index (χ3n) is 3.75. The topological polar surface area (TPSA) is 81.5 Å². The van der Waals surface area contributed by atoms with Gasteiger partial charge in [-0.05, 0) is 48.0 Å². The van der Waals surface area contributed by atoms with Crippen LogP contribution in [0.1, 0.15) is 15.9 Å². The zero-order valence-electron chi connectivity index (χ0n) is 14.1. The predicted molar refractivity (Wildman–Crippen MR) is 98.2 cm³/mol. The number of non-ortho nitro benzene ring substituents is 1. The summed E-state index contributed by atoms with van der Waals surface area (Å²) < 4.78 is 18.5. The lowest BCUT2D eigenvalue weighted by molar-refractivity contribution is -0.384. The molecule has 0 aliphatic rings. The summed E-state index contributed by atoms with van der Waals surface area (Å²) in [5.74, 6) is -0.158. The second kappa shape index (κ2) is 8.09. The number of halogens is 1. The quantitative estimate of drug-likeness (QED) is 0.512. The van der Waals surface area contributed by atoms with Crippen LogP contribution in [-0.4, -0.2) is 10.8 Å². The first-order valence-electron chi connectivity index (χ1n) is 8.04. The van der Waals surface area contributed by atoms with E-state index >= 15 is 0 Å². The van der Waals surface area contributed by atoms with Crippen molar-refractivity contribution in [2.45, 2.75) is 6.61 Å². The Kier molecular flexibility index (Phi) is 5.41. The second-order valence-electron chi connectivity index (χ2n) is 5.70. The molecule has 0 aliphatic carbocycles. The Labute approximate surface area is 154 Å². The molecule has 3 rings (SSSR count). The van der Waals surface area contributed by atoms with E-state index in [0.717, 1.165) is 5.56 Å². The molecule has 7 heteroatoms. The van der Waals surface area contributed by atoms with E-state index in [1.807, 2.05) is 0 Å². The van der Waals surface area contributed by atoms with Crippen LogP contribution in [0.2, 0.25) is 0 Å². The van der Waals surface area contributed by atoms with Gasteiger partial charge in [0.05, 0.1) is 4.92 Å². The minimum absolute atomic E-state index is 0.146. The average molecular weight is 366 g/mol. The summed E-state index contributed by atoms with van der Waals surface area (Å²) in [6, 6.07) is 18.2. The number of anilines is 1. The van der Waals surface area contributed by atoms with Crippen LogP contribution < -0.4 is 10.1 Å². The number of nitro benzene ring substituents is 1. The van der Waals surface area contributed by atoms with Crippen LogP contribution in [0.15, 0.2) is 72.8 Å². The number of ether oxygens (including phenoxy) is 1. The van der Waals surface area contributed by atoms with E-state index in [4.69, 9.17) is 4.74 Å². The van der Waals surface area contributed by atoms with Crippen molar-refractivity contribution >= 4 is 17.3 Å². The minimum atomic E-state index is -0.552. The van der Waals surface area contributed by atoms with Gasteiger partial charge < -0.3 is 10.1 Å². The molecule has 136 valence electrons. The Balaban J connectivity index is 1.60. The third kappa shape index (κ3) is 4.88. The molecule has 6 nitrogen and oxygen atoms in total. The first-order chi connectivity index (χ1) is 13.0. The van der Waals surface area contributed by atoms with Crippen molar-refractivity contribution in [2.75, 3.05) is 5.32 Å². The van der Waals surface area contributed by atoms with Crippen molar-refractivity contribution in [2.24, 2.45) is 0 Å². The molecule has 0 aliphatic heterocycles. The van der Waals surface area contributed by atoms with Gasteiger partial charge in [0.25, 0.3) is 11.6 Å². The molecular weight excluding hydrogens is 351 g/mol. The van der Waals surface area contributed by atoms with E-state index < -0.39 is 10.8 Å². The van der Waals surface area contributed by atoms with E-state index in [1.54, 1.807) is 36.4 Å². The molecular formula is C20H15FN2O4. The first kappa shape index (κ1) is 18.1. The Morgan fingerprint density at radius 3 is 2.41 bits per heavy atom. The highest BCUT2D eigenvalue weighted by atomic mass is 19.1. The molecule has 3 aromatic carbocycles. The molecule has 0 bridgehead atoms. The summed E-state index contributed by atoms with van der Waals surface area (Å²) in [5, 5.41) is 13.5. The van der Waals surface area contributed by atoms with Gasteiger partial charge in [0.1, 0.15) is 18.2 Å². The Morgan fingerprint density at radius 1 is 1.04 bits per heavy atom. The first-order valence-corrected chi connectivity index (χ1v) is 8.04. The summed E-state index contributed by atoms with van der Waals surface area (Å²) in [7, 11) is 0. The van der Waals surface area contributed by atoms with Crippen LogP contribution >= 0.6 is 0 Å². The Morgan fingerprint density at radius 2 is 1.74 bits per heavy atom. The summed E-state index contributed by atoms with van der Waals surface area (Å²) in [6.45, 7) is 0.291. The molecule has 0 fully saturated rings. The lowest BCUT2D eigenvalue weighted by atomic mass is 10.2. The Hall–Kier alpha value is -3.74. The summed E-state index contributed by atoms with van der Waals surface area (Å²) in [6.07, 6.45) is 0. The number of amides is 1. The van der Waals surface area contributed by atoms with Crippen molar-refractivity contribution < 1.29 is 18.8 Å². The second-order valence-corrected chi connectivity index (χ2v) is 5.70. The SMILES string of the molecule is O=C(Nc1ccc(OCc2ccc(F)cc2)cc1)c1cccc([N+](=O)[O-])c1. The monoisotopic (exact) mass is 366 g/mol. The number of benzene rings is 3. The maximum atomic E-state index is 12.9. The summed E-state index contributed by atoms with van der Waals surface area (Å²) in [4.78, 5) is 22.5. The van der Waals surface area contributed by atoms with Crippen LogP contribution in [0.3, 0.4) is 0 Å². The van der Waals surface area contributed by atoms with Gasteiger partial charge in [-0.25, -0.2) is 4.39 Å². The molecule has 1 amide bonds. The van der Waals surface area contributed by atoms with E-state index in [2.05, 4.69) is 5.32 Å². The zero-order chi connectivity index (χ0) is 19.2. The molecule has 0 heterocycles. The highest BCUT2D eigenvalue weighted by Gasteiger charge is 2.11. The summed E-state index contributed by atoms with van der Waals surface area (Å²) >= 11 is 0. The minimum Gasteiger partial charge on any atom is -0.489 e. The maximum Gasteiger partial charge on any atom is 0.270 e. The number of rotatable bonds is 6. The van der Waals surface area contributed by atoms with Crippen molar-refractivity contribution in [1.29, 1.82) is 0 Å². The fraction of sp³-hybridized carbons (Fsp3) is 0.0500. The normalized spacial score (nSPS) is 10.3. The van der Waals surface area contributed by atoms with Crippen LogP contribution in [-0.2, 0) is 6.61 Å². The van der Waals surface area contributed by atoms with Crippen molar-refractivity contribution in [3.05, 3.63) is 99.9 Å². The predicted octanol–water partition coefficient (Wildman–Crippen LogP) is 4.57. The smallest absolute Gasteiger partial charge is 0.270 e. The van der Waals surface area contributed by atoms with Gasteiger partial charge >= 0.3 is 0 Å². The van der Waals surface area contributed by atoms with Gasteiger partial charge in [0.15, 0.2) is 0 Å². The highest BCUT2D eigenvalue weighted by Crippen LogP contribution is 2.19. The van der Waals surface area contributed by atoms with Crippen molar-refractivity contribution in [1.82, 2.24) is 0 Å². The van der Waals surface area contributed by atoms with Crippen LogP contribution in [0, 0.1) is 15.9 Å². The van der Waals surface area contributed by atoms with E-state index in [1.165, 1.54) is 36.4 Å². The van der Waals surface area contributed by atoms with Crippen LogP contribution in [0.4, 0.5) is 15.8 Å². The molecule has 0 spiro atoms. The van der Waals surface area contributed by atoms with E-state index in [9.17, 15) is 19.3 Å². The van der Waals surface area contributed by atoms with Gasteiger partial charge in [-0.1, -0.05) is 18.2 Å². The third-order valence-corrected chi connectivity index (χ3v) is 3.75. The average Bonchev–Trinajstić information content (AvgIpc) is 2.68.